The molecule has 0 aliphatic heterocycles. The highest BCUT2D eigenvalue weighted by molar-refractivity contribution is 5.56. The number of nitro groups is 2. The van der Waals surface area contributed by atoms with Crippen molar-refractivity contribution >= 4 is 11.4 Å². The van der Waals surface area contributed by atoms with Crippen molar-refractivity contribution in [3.63, 3.8) is 0 Å². The molecule has 106 valence electrons. The first kappa shape index (κ1) is 14.1. The monoisotopic (exact) mass is 287 g/mol. The van der Waals surface area contributed by atoms with E-state index >= 15 is 0 Å². The maximum atomic E-state index is 11.0. The second kappa shape index (κ2) is 5.01. The van der Waals surface area contributed by atoms with Gasteiger partial charge in [-0.1, -0.05) is 0 Å². The predicted octanol–water partition coefficient (Wildman–Crippen LogP) is 2.18. The molecule has 21 heavy (non-hydrogen) atoms. The SMILES string of the molecule is Cc1nn(-c2ccc(C#N)c([N+](=O)[O-])c2)c(C)c1[N+](=O)[O-]. The molecule has 0 aliphatic rings. The van der Waals surface area contributed by atoms with Crippen molar-refractivity contribution in [3.05, 3.63) is 55.4 Å². The molecule has 9 nitrogen and oxygen atoms in total. The van der Waals surface area contributed by atoms with Gasteiger partial charge in [-0.3, -0.25) is 20.2 Å². The van der Waals surface area contributed by atoms with Crippen LogP contribution in [0.25, 0.3) is 5.69 Å². The van der Waals surface area contributed by atoms with Crippen LogP contribution in [0.5, 0.6) is 0 Å². The molecule has 0 amide bonds. The zero-order chi connectivity index (χ0) is 15.7. The topological polar surface area (TPSA) is 128 Å². The summed E-state index contributed by atoms with van der Waals surface area (Å²) >= 11 is 0. The Labute approximate surface area is 118 Å². The molecule has 1 heterocycles. The lowest BCUT2D eigenvalue weighted by Crippen LogP contribution is -2.02. The summed E-state index contributed by atoms with van der Waals surface area (Å²) in [5.41, 5.74) is 0.169. The molecule has 9 heteroatoms. The zero-order valence-electron chi connectivity index (χ0n) is 11.1. The maximum Gasteiger partial charge on any atom is 0.313 e. The van der Waals surface area contributed by atoms with Crippen molar-refractivity contribution in [2.45, 2.75) is 13.8 Å². The average molecular weight is 287 g/mol. The lowest BCUT2D eigenvalue weighted by molar-refractivity contribution is -0.386. The summed E-state index contributed by atoms with van der Waals surface area (Å²) in [7, 11) is 0. The van der Waals surface area contributed by atoms with E-state index in [0.29, 0.717) is 0 Å². The van der Waals surface area contributed by atoms with Gasteiger partial charge in [0, 0.05) is 6.07 Å². The van der Waals surface area contributed by atoms with Crippen molar-refractivity contribution in [1.29, 1.82) is 5.26 Å². The van der Waals surface area contributed by atoms with Crippen LogP contribution in [0.3, 0.4) is 0 Å². The van der Waals surface area contributed by atoms with Gasteiger partial charge in [0.25, 0.3) is 5.69 Å². The Kier molecular flexibility index (Phi) is 3.37. The van der Waals surface area contributed by atoms with Gasteiger partial charge in [0.15, 0.2) is 0 Å². The molecule has 0 atom stereocenters. The second-order valence-electron chi connectivity index (χ2n) is 4.26. The van der Waals surface area contributed by atoms with E-state index in [-0.39, 0.29) is 34.0 Å². The Morgan fingerprint density at radius 3 is 2.38 bits per heavy atom. The fourth-order valence-corrected chi connectivity index (χ4v) is 2.05. The van der Waals surface area contributed by atoms with Gasteiger partial charge in [-0.05, 0) is 26.0 Å². The second-order valence-corrected chi connectivity index (χ2v) is 4.26. The van der Waals surface area contributed by atoms with Gasteiger partial charge in [-0.15, -0.1) is 0 Å². The van der Waals surface area contributed by atoms with E-state index < -0.39 is 9.85 Å². The van der Waals surface area contributed by atoms with Gasteiger partial charge in [0.1, 0.15) is 23.0 Å². The molecule has 0 spiro atoms. The van der Waals surface area contributed by atoms with Crippen molar-refractivity contribution in [2.75, 3.05) is 0 Å². The average Bonchev–Trinajstić information content (AvgIpc) is 2.73. The molecule has 1 aromatic heterocycles. The smallest absolute Gasteiger partial charge is 0.258 e. The van der Waals surface area contributed by atoms with Crippen molar-refractivity contribution in [3.8, 4) is 11.8 Å². The van der Waals surface area contributed by atoms with Crippen molar-refractivity contribution in [1.82, 2.24) is 9.78 Å². The van der Waals surface area contributed by atoms with Crippen LogP contribution in [-0.2, 0) is 0 Å². The van der Waals surface area contributed by atoms with E-state index in [1.807, 2.05) is 0 Å². The normalized spacial score (nSPS) is 10.1. The van der Waals surface area contributed by atoms with Gasteiger partial charge < -0.3 is 0 Å². The van der Waals surface area contributed by atoms with Crippen molar-refractivity contribution in [2.24, 2.45) is 0 Å². The molecule has 1 aromatic carbocycles. The minimum Gasteiger partial charge on any atom is -0.258 e. The number of rotatable bonds is 3. The molecule has 0 aliphatic carbocycles. The van der Waals surface area contributed by atoms with Crippen LogP contribution in [0.1, 0.15) is 17.0 Å². The fraction of sp³-hybridized carbons (Fsp3) is 0.167. The molecule has 2 aromatic rings. The van der Waals surface area contributed by atoms with Gasteiger partial charge in [-0.25, -0.2) is 4.68 Å². The summed E-state index contributed by atoms with van der Waals surface area (Å²) in [5, 5.41) is 34.8. The van der Waals surface area contributed by atoms with E-state index in [2.05, 4.69) is 5.10 Å². The number of benzene rings is 1. The Morgan fingerprint density at radius 1 is 1.24 bits per heavy atom. The summed E-state index contributed by atoms with van der Waals surface area (Å²) in [5.74, 6) is 0. The number of hydrogen-bond donors (Lipinski definition) is 0. The largest absolute Gasteiger partial charge is 0.313 e. The summed E-state index contributed by atoms with van der Waals surface area (Å²) in [4.78, 5) is 20.7. The number of hydrogen-bond acceptors (Lipinski definition) is 6. The summed E-state index contributed by atoms with van der Waals surface area (Å²) < 4.78 is 1.25. The number of nitro benzene ring substituents is 1. The molecule has 2 rings (SSSR count). The number of nitrogens with zero attached hydrogens (tertiary/aromatic N) is 5. The Morgan fingerprint density at radius 2 is 1.90 bits per heavy atom. The highest BCUT2D eigenvalue weighted by atomic mass is 16.6. The third-order valence-electron chi connectivity index (χ3n) is 2.98. The maximum absolute atomic E-state index is 11.0. The molecule has 0 saturated heterocycles. The quantitative estimate of drug-likeness (QED) is 0.628. The Bertz CT molecular complexity index is 803. The summed E-state index contributed by atoms with van der Waals surface area (Å²) in [6, 6.07) is 5.63. The summed E-state index contributed by atoms with van der Waals surface area (Å²) in [6.07, 6.45) is 0. The minimum atomic E-state index is -0.678. The molecule has 0 fully saturated rings. The first-order valence-electron chi connectivity index (χ1n) is 5.76. The van der Waals surface area contributed by atoms with E-state index in [9.17, 15) is 20.2 Å². The van der Waals surface area contributed by atoms with E-state index in [0.717, 1.165) is 0 Å². The first-order chi connectivity index (χ1) is 9.86. The van der Waals surface area contributed by atoms with Crippen LogP contribution in [0.15, 0.2) is 18.2 Å². The number of aryl methyl sites for hydroxylation is 1. The van der Waals surface area contributed by atoms with Gasteiger partial charge >= 0.3 is 5.69 Å². The van der Waals surface area contributed by atoms with Gasteiger partial charge in [0.2, 0.25) is 0 Å². The Balaban J connectivity index is 2.67. The van der Waals surface area contributed by atoms with Crippen LogP contribution in [0, 0.1) is 45.4 Å². The highest BCUT2D eigenvalue weighted by Crippen LogP contribution is 2.27. The third kappa shape index (κ3) is 2.30. The van der Waals surface area contributed by atoms with Gasteiger partial charge in [0.05, 0.1) is 15.5 Å². The van der Waals surface area contributed by atoms with Gasteiger partial charge in [-0.2, -0.15) is 10.4 Å². The van der Waals surface area contributed by atoms with E-state index in [1.165, 1.54) is 36.7 Å². The van der Waals surface area contributed by atoms with Crippen LogP contribution in [0.4, 0.5) is 11.4 Å². The van der Waals surface area contributed by atoms with Crippen molar-refractivity contribution < 1.29 is 9.85 Å². The van der Waals surface area contributed by atoms with E-state index in [1.54, 1.807) is 6.07 Å². The third-order valence-corrected chi connectivity index (χ3v) is 2.98. The van der Waals surface area contributed by atoms with Crippen LogP contribution in [0.2, 0.25) is 0 Å². The number of nitriles is 1. The van der Waals surface area contributed by atoms with Crippen LogP contribution in [-0.4, -0.2) is 19.6 Å². The predicted molar refractivity (Wildman–Crippen MR) is 71.1 cm³/mol. The molecule has 0 saturated carbocycles. The first-order valence-corrected chi connectivity index (χ1v) is 5.76. The standard InChI is InChI=1S/C12H9N5O4/c1-7-12(17(20)21)8(2)15(14-7)10-4-3-9(6-13)11(5-10)16(18)19/h3-5H,1-2H3. The molecule has 0 radical (unpaired) electrons. The van der Waals surface area contributed by atoms with Crippen LogP contribution < -0.4 is 0 Å². The number of aromatic nitrogens is 2. The highest BCUT2D eigenvalue weighted by Gasteiger charge is 2.24. The molecule has 0 unspecified atom stereocenters. The van der Waals surface area contributed by atoms with Crippen LogP contribution >= 0.6 is 0 Å². The molecule has 0 bridgehead atoms. The summed E-state index contributed by atoms with van der Waals surface area (Å²) in [6.45, 7) is 2.99. The molecule has 0 N–H and O–H groups in total. The molecular formula is C12H9N5O4. The lowest BCUT2D eigenvalue weighted by Gasteiger charge is -2.04. The lowest BCUT2D eigenvalue weighted by atomic mass is 10.2. The minimum absolute atomic E-state index is 0.0835. The zero-order valence-corrected chi connectivity index (χ0v) is 11.1. The fourth-order valence-electron chi connectivity index (χ4n) is 2.05. The molecular weight excluding hydrogens is 278 g/mol. The Hall–Kier alpha value is -3.28. The van der Waals surface area contributed by atoms with E-state index in [4.69, 9.17) is 5.26 Å².